The van der Waals surface area contributed by atoms with Crippen LogP contribution in [0.4, 0.5) is 5.69 Å². The van der Waals surface area contributed by atoms with Crippen LogP contribution in [-0.2, 0) is 4.74 Å². The molecule has 0 radical (unpaired) electrons. The monoisotopic (exact) mass is 482 g/mol. The lowest BCUT2D eigenvalue weighted by Crippen LogP contribution is -2.34. The lowest BCUT2D eigenvalue weighted by molar-refractivity contribution is 0.0505. The van der Waals surface area contributed by atoms with Crippen LogP contribution in [0.1, 0.15) is 39.6 Å². The Hall–Kier alpha value is -2.00. The highest BCUT2D eigenvalue weighted by Gasteiger charge is 2.10. The van der Waals surface area contributed by atoms with Crippen molar-refractivity contribution in [2.75, 3.05) is 11.9 Å². The minimum atomic E-state index is -0.358. The molecule has 0 aliphatic heterocycles. The van der Waals surface area contributed by atoms with Crippen molar-refractivity contribution in [3.8, 4) is 0 Å². The van der Waals surface area contributed by atoms with Gasteiger partial charge in [0.2, 0.25) is 0 Å². The van der Waals surface area contributed by atoms with Crippen molar-refractivity contribution in [1.82, 2.24) is 5.32 Å². The largest absolute Gasteiger partial charge is 0.462 e. The molecular formula is C19H19IN2O3S. The number of halogens is 1. The van der Waals surface area contributed by atoms with Gasteiger partial charge in [-0.25, -0.2) is 4.79 Å². The highest BCUT2D eigenvalue weighted by molar-refractivity contribution is 14.1. The molecule has 0 heterocycles. The summed E-state index contributed by atoms with van der Waals surface area (Å²) in [6.07, 6.45) is 0.777. The summed E-state index contributed by atoms with van der Waals surface area (Å²) in [7, 11) is 0. The Morgan fingerprint density at radius 1 is 1.12 bits per heavy atom. The molecule has 0 saturated carbocycles. The Labute approximate surface area is 171 Å². The van der Waals surface area contributed by atoms with Crippen molar-refractivity contribution >= 4 is 57.5 Å². The van der Waals surface area contributed by atoms with Crippen molar-refractivity contribution in [3.63, 3.8) is 0 Å². The third-order valence-electron chi connectivity index (χ3n) is 3.48. The standard InChI is InChI=1S/C19H19IN2O3S/c1-3-10-25-18(24)13-6-8-15(9-7-13)21-19(26)22-17(23)14-5-4-12(2)16(20)11-14/h4-9,11H,3,10H2,1-2H3,(H2,21,22,23,26). The number of esters is 1. The highest BCUT2D eigenvalue weighted by atomic mass is 127. The van der Waals surface area contributed by atoms with E-state index >= 15 is 0 Å². The van der Waals surface area contributed by atoms with Gasteiger partial charge in [-0.05, 0) is 90.1 Å². The van der Waals surface area contributed by atoms with E-state index in [1.165, 1.54) is 0 Å². The first-order valence-corrected chi connectivity index (χ1v) is 9.55. The van der Waals surface area contributed by atoms with Crippen LogP contribution < -0.4 is 10.6 Å². The number of rotatable bonds is 5. The molecule has 2 aromatic rings. The molecule has 5 nitrogen and oxygen atoms in total. The zero-order chi connectivity index (χ0) is 19.1. The second-order valence-corrected chi connectivity index (χ2v) is 7.16. The third-order valence-corrected chi connectivity index (χ3v) is 4.84. The molecule has 2 N–H and O–H groups in total. The summed E-state index contributed by atoms with van der Waals surface area (Å²) in [5, 5.41) is 5.75. The fourth-order valence-electron chi connectivity index (χ4n) is 2.04. The number of aryl methyl sites for hydroxylation is 1. The minimum Gasteiger partial charge on any atom is -0.462 e. The molecule has 2 aromatic carbocycles. The van der Waals surface area contributed by atoms with Crippen LogP contribution in [0.5, 0.6) is 0 Å². The predicted octanol–water partition coefficient (Wildman–Crippen LogP) is 4.29. The first kappa shape index (κ1) is 20.3. The van der Waals surface area contributed by atoms with E-state index in [1.54, 1.807) is 30.3 Å². The Bertz CT molecular complexity index is 822. The summed E-state index contributed by atoms with van der Waals surface area (Å²) >= 11 is 7.36. The number of benzene rings is 2. The second kappa shape index (κ2) is 9.63. The fraction of sp³-hybridized carbons (Fsp3) is 0.211. The van der Waals surface area contributed by atoms with Gasteiger partial charge >= 0.3 is 5.97 Å². The SMILES string of the molecule is CCCOC(=O)c1ccc(NC(=S)NC(=O)c2ccc(C)c(I)c2)cc1. The number of anilines is 1. The van der Waals surface area contributed by atoms with Gasteiger partial charge < -0.3 is 10.1 Å². The summed E-state index contributed by atoms with van der Waals surface area (Å²) < 4.78 is 6.09. The summed E-state index contributed by atoms with van der Waals surface area (Å²) in [6, 6.07) is 12.2. The molecule has 0 saturated heterocycles. The van der Waals surface area contributed by atoms with Crippen molar-refractivity contribution in [1.29, 1.82) is 0 Å². The molecule has 0 atom stereocenters. The van der Waals surface area contributed by atoms with E-state index in [2.05, 4.69) is 33.2 Å². The molecule has 0 unspecified atom stereocenters. The van der Waals surface area contributed by atoms with Gasteiger partial charge in [0.15, 0.2) is 5.11 Å². The topological polar surface area (TPSA) is 67.4 Å². The molecule has 0 spiro atoms. The maximum Gasteiger partial charge on any atom is 0.338 e. The van der Waals surface area contributed by atoms with Gasteiger partial charge in [0, 0.05) is 14.8 Å². The van der Waals surface area contributed by atoms with Crippen LogP contribution in [0.15, 0.2) is 42.5 Å². The lowest BCUT2D eigenvalue weighted by atomic mass is 10.1. The molecule has 0 aliphatic carbocycles. The highest BCUT2D eigenvalue weighted by Crippen LogP contribution is 2.14. The van der Waals surface area contributed by atoms with Crippen molar-refractivity contribution in [3.05, 3.63) is 62.7 Å². The molecule has 136 valence electrons. The Kier molecular flexibility index (Phi) is 7.52. The molecule has 1 amide bonds. The zero-order valence-corrected chi connectivity index (χ0v) is 17.4. The number of amides is 1. The van der Waals surface area contributed by atoms with Crippen LogP contribution in [0.25, 0.3) is 0 Å². The summed E-state index contributed by atoms with van der Waals surface area (Å²) in [4.78, 5) is 24.0. The number of carbonyl (C=O) groups excluding carboxylic acids is 2. The molecular weight excluding hydrogens is 463 g/mol. The van der Waals surface area contributed by atoms with E-state index in [9.17, 15) is 9.59 Å². The van der Waals surface area contributed by atoms with Crippen LogP contribution in [-0.4, -0.2) is 23.6 Å². The number of hydrogen-bond acceptors (Lipinski definition) is 4. The van der Waals surface area contributed by atoms with Crippen LogP contribution >= 0.6 is 34.8 Å². The van der Waals surface area contributed by atoms with Crippen LogP contribution in [0.2, 0.25) is 0 Å². The van der Waals surface area contributed by atoms with Gasteiger partial charge in [0.05, 0.1) is 12.2 Å². The maximum atomic E-state index is 12.2. The number of thiocarbonyl (C=S) groups is 1. The number of nitrogens with one attached hydrogen (secondary N) is 2. The number of ether oxygens (including phenoxy) is 1. The van der Waals surface area contributed by atoms with Crippen molar-refractivity contribution in [2.45, 2.75) is 20.3 Å². The van der Waals surface area contributed by atoms with Crippen molar-refractivity contribution in [2.24, 2.45) is 0 Å². The zero-order valence-electron chi connectivity index (χ0n) is 14.5. The molecule has 0 aliphatic rings. The minimum absolute atomic E-state index is 0.187. The number of carbonyl (C=O) groups is 2. The van der Waals surface area contributed by atoms with Gasteiger partial charge in [0.25, 0.3) is 5.91 Å². The third kappa shape index (κ3) is 5.77. The molecule has 0 fully saturated rings. The van der Waals surface area contributed by atoms with Gasteiger partial charge in [-0.1, -0.05) is 13.0 Å². The molecule has 26 heavy (non-hydrogen) atoms. The van der Waals surface area contributed by atoms with E-state index in [1.807, 2.05) is 26.0 Å². The summed E-state index contributed by atoms with van der Waals surface area (Å²) in [5.74, 6) is -0.636. The average molecular weight is 482 g/mol. The van der Waals surface area contributed by atoms with Crippen molar-refractivity contribution < 1.29 is 14.3 Å². The Balaban J connectivity index is 1.93. The predicted molar refractivity (Wildman–Crippen MR) is 115 cm³/mol. The summed E-state index contributed by atoms with van der Waals surface area (Å²) in [5.41, 5.74) is 2.78. The van der Waals surface area contributed by atoms with Gasteiger partial charge in [-0.2, -0.15) is 0 Å². The lowest BCUT2D eigenvalue weighted by Gasteiger charge is -2.11. The van der Waals surface area contributed by atoms with E-state index in [4.69, 9.17) is 17.0 Å². The summed E-state index contributed by atoms with van der Waals surface area (Å²) in [6.45, 7) is 4.32. The van der Waals surface area contributed by atoms with E-state index in [0.29, 0.717) is 23.4 Å². The maximum absolute atomic E-state index is 12.2. The van der Waals surface area contributed by atoms with Gasteiger partial charge in [-0.3, -0.25) is 10.1 Å². The second-order valence-electron chi connectivity index (χ2n) is 5.59. The Morgan fingerprint density at radius 3 is 2.38 bits per heavy atom. The van der Waals surface area contributed by atoms with E-state index in [0.717, 1.165) is 15.6 Å². The fourth-order valence-corrected chi connectivity index (χ4v) is 2.77. The normalized spacial score (nSPS) is 10.1. The molecule has 2 rings (SSSR count). The molecule has 0 bridgehead atoms. The average Bonchev–Trinajstić information content (AvgIpc) is 2.62. The van der Waals surface area contributed by atoms with Crippen LogP contribution in [0.3, 0.4) is 0 Å². The van der Waals surface area contributed by atoms with Gasteiger partial charge in [-0.15, -0.1) is 0 Å². The van der Waals surface area contributed by atoms with E-state index < -0.39 is 0 Å². The van der Waals surface area contributed by atoms with Crippen LogP contribution in [0, 0.1) is 10.5 Å². The first-order chi connectivity index (χ1) is 12.4. The quantitative estimate of drug-likeness (QED) is 0.378. The molecule has 7 heteroatoms. The first-order valence-electron chi connectivity index (χ1n) is 8.06. The van der Waals surface area contributed by atoms with Gasteiger partial charge in [0.1, 0.15) is 0 Å². The molecule has 0 aromatic heterocycles. The van der Waals surface area contributed by atoms with E-state index in [-0.39, 0.29) is 17.0 Å². The number of hydrogen-bond donors (Lipinski definition) is 2. The Morgan fingerprint density at radius 2 is 1.77 bits per heavy atom. The smallest absolute Gasteiger partial charge is 0.338 e.